The molecule has 2 heterocycles. The Morgan fingerprint density at radius 1 is 1.40 bits per heavy atom. The number of nitrogens with zero attached hydrogens (tertiary/aromatic N) is 4. The highest BCUT2D eigenvalue weighted by Gasteiger charge is 2.33. The van der Waals surface area contributed by atoms with E-state index >= 15 is 0 Å². The fourth-order valence-electron chi connectivity index (χ4n) is 2.39. The molecule has 0 aliphatic carbocycles. The van der Waals surface area contributed by atoms with Gasteiger partial charge in [-0.15, -0.1) is 0 Å². The zero-order valence-electron chi connectivity index (χ0n) is 11.0. The Morgan fingerprint density at radius 3 is 2.80 bits per heavy atom. The minimum absolute atomic E-state index is 0.280. The fourth-order valence-corrected chi connectivity index (χ4v) is 2.39. The highest BCUT2D eigenvalue weighted by Crippen LogP contribution is 2.28. The molecule has 7 nitrogen and oxygen atoms in total. The molecule has 0 fully saturated rings. The fraction of sp³-hybridized carbons (Fsp3) is 0.385. The minimum Gasteiger partial charge on any atom is -0.497 e. The van der Waals surface area contributed by atoms with Crippen molar-refractivity contribution in [3.05, 3.63) is 40.2 Å². The van der Waals surface area contributed by atoms with E-state index in [1.54, 1.807) is 11.8 Å². The summed E-state index contributed by atoms with van der Waals surface area (Å²) < 4.78 is 6.75. The third kappa shape index (κ3) is 2.11. The predicted molar refractivity (Wildman–Crippen MR) is 71.0 cm³/mol. The molecule has 20 heavy (non-hydrogen) atoms. The summed E-state index contributed by atoms with van der Waals surface area (Å²) in [6.45, 7) is 0.683. The van der Waals surface area contributed by atoms with Gasteiger partial charge in [0.15, 0.2) is 5.82 Å². The van der Waals surface area contributed by atoms with Crippen LogP contribution in [0, 0.1) is 10.1 Å². The van der Waals surface area contributed by atoms with Crippen LogP contribution in [0.2, 0.25) is 0 Å². The first-order valence-corrected chi connectivity index (χ1v) is 6.41. The predicted octanol–water partition coefficient (Wildman–Crippen LogP) is 2.07. The number of hydrogen-bond acceptors (Lipinski definition) is 5. The van der Waals surface area contributed by atoms with E-state index in [4.69, 9.17) is 4.74 Å². The molecule has 0 bridgehead atoms. The summed E-state index contributed by atoms with van der Waals surface area (Å²) in [4.78, 5) is 15.1. The first-order valence-electron chi connectivity index (χ1n) is 6.41. The Hall–Kier alpha value is -2.44. The summed E-state index contributed by atoms with van der Waals surface area (Å²) >= 11 is 0. The Balaban J connectivity index is 1.97. The summed E-state index contributed by atoms with van der Waals surface area (Å²) in [7, 11) is 1.60. The van der Waals surface area contributed by atoms with Crippen molar-refractivity contribution in [3.63, 3.8) is 0 Å². The largest absolute Gasteiger partial charge is 0.497 e. The van der Waals surface area contributed by atoms with Crippen LogP contribution in [0.4, 0.5) is 0 Å². The molecule has 0 N–H and O–H groups in total. The van der Waals surface area contributed by atoms with Gasteiger partial charge in [0.2, 0.25) is 5.82 Å². The van der Waals surface area contributed by atoms with Gasteiger partial charge in [-0.2, -0.15) is 5.10 Å². The molecule has 1 aromatic heterocycles. The van der Waals surface area contributed by atoms with Crippen molar-refractivity contribution in [2.45, 2.75) is 25.4 Å². The van der Waals surface area contributed by atoms with Crippen molar-refractivity contribution in [1.82, 2.24) is 14.8 Å². The van der Waals surface area contributed by atoms with E-state index in [-0.39, 0.29) is 4.92 Å². The average Bonchev–Trinajstić information content (AvgIpc) is 2.90. The Bertz CT molecular complexity index is 636. The first kappa shape index (κ1) is 12.6. The van der Waals surface area contributed by atoms with E-state index in [0.717, 1.165) is 17.7 Å². The topological polar surface area (TPSA) is 83.1 Å². The van der Waals surface area contributed by atoms with Gasteiger partial charge in [-0.25, -0.2) is 9.67 Å². The molecule has 1 aliphatic heterocycles. The van der Waals surface area contributed by atoms with Gasteiger partial charge in [0.25, 0.3) is 6.04 Å². The number of hydrogen-bond donors (Lipinski definition) is 0. The zero-order valence-corrected chi connectivity index (χ0v) is 11.0. The molecule has 1 atom stereocenters. The summed E-state index contributed by atoms with van der Waals surface area (Å²) in [5.74, 6) is 1.73. The lowest BCUT2D eigenvalue weighted by Gasteiger charge is -2.15. The van der Waals surface area contributed by atoms with Crippen molar-refractivity contribution in [1.29, 1.82) is 0 Å². The summed E-state index contributed by atoms with van der Waals surface area (Å²) in [5.41, 5.74) is 0.829. The van der Waals surface area contributed by atoms with Crippen LogP contribution in [0.1, 0.15) is 24.7 Å². The molecular formula is C13H14N4O3. The number of methoxy groups -OCH3 is 1. The molecule has 0 spiro atoms. The molecule has 1 unspecified atom stereocenters. The van der Waals surface area contributed by atoms with Crippen LogP contribution in [0.3, 0.4) is 0 Å². The van der Waals surface area contributed by atoms with Gasteiger partial charge in [-0.05, 0) is 30.7 Å². The van der Waals surface area contributed by atoms with Crippen molar-refractivity contribution in [3.8, 4) is 17.1 Å². The lowest BCUT2D eigenvalue weighted by atomic mass is 10.1. The van der Waals surface area contributed by atoms with Gasteiger partial charge in [-0.1, -0.05) is 0 Å². The van der Waals surface area contributed by atoms with Gasteiger partial charge in [0.1, 0.15) is 5.75 Å². The summed E-state index contributed by atoms with van der Waals surface area (Å²) in [6, 6.07) is 6.59. The number of aryl methyl sites for hydroxylation is 1. The van der Waals surface area contributed by atoms with Crippen molar-refractivity contribution < 1.29 is 9.66 Å². The zero-order chi connectivity index (χ0) is 14.1. The highest BCUT2D eigenvalue weighted by molar-refractivity contribution is 5.56. The van der Waals surface area contributed by atoms with Crippen LogP contribution < -0.4 is 4.74 Å². The van der Waals surface area contributed by atoms with Gasteiger partial charge in [-0.3, -0.25) is 10.1 Å². The number of benzene rings is 1. The second-order valence-electron chi connectivity index (χ2n) is 4.69. The summed E-state index contributed by atoms with van der Waals surface area (Å²) in [5, 5.41) is 15.4. The van der Waals surface area contributed by atoms with Gasteiger partial charge in [0.05, 0.1) is 7.11 Å². The van der Waals surface area contributed by atoms with Crippen LogP contribution in [-0.4, -0.2) is 26.8 Å². The minimum atomic E-state index is -0.747. The number of fused-ring (bicyclic) bond motifs is 1. The maximum Gasteiger partial charge on any atom is 0.271 e. The number of nitro groups is 1. The van der Waals surface area contributed by atoms with Crippen molar-refractivity contribution in [2.24, 2.45) is 0 Å². The molecule has 0 radical (unpaired) electrons. The van der Waals surface area contributed by atoms with Crippen molar-refractivity contribution >= 4 is 0 Å². The number of aromatic nitrogens is 3. The quantitative estimate of drug-likeness (QED) is 0.632. The second kappa shape index (κ2) is 4.92. The molecule has 0 saturated carbocycles. The van der Waals surface area contributed by atoms with E-state index in [1.165, 1.54) is 0 Å². The second-order valence-corrected chi connectivity index (χ2v) is 4.69. The van der Waals surface area contributed by atoms with E-state index in [9.17, 15) is 10.1 Å². The lowest BCUT2D eigenvalue weighted by molar-refractivity contribution is -0.533. The average molecular weight is 274 g/mol. The van der Waals surface area contributed by atoms with Crippen LogP contribution in [0.15, 0.2) is 24.3 Å². The lowest BCUT2D eigenvalue weighted by Crippen LogP contribution is -2.22. The van der Waals surface area contributed by atoms with Crippen LogP contribution in [0.5, 0.6) is 5.75 Å². The molecule has 0 saturated heterocycles. The summed E-state index contributed by atoms with van der Waals surface area (Å²) in [6.07, 6.45) is 1.28. The Kier molecular flexibility index (Phi) is 3.09. The van der Waals surface area contributed by atoms with Crippen LogP contribution in [0.25, 0.3) is 11.4 Å². The highest BCUT2D eigenvalue weighted by atomic mass is 16.6. The van der Waals surface area contributed by atoms with Crippen LogP contribution >= 0.6 is 0 Å². The van der Waals surface area contributed by atoms with Gasteiger partial charge < -0.3 is 4.74 Å². The van der Waals surface area contributed by atoms with E-state index in [2.05, 4.69) is 10.1 Å². The monoisotopic (exact) mass is 274 g/mol. The third-order valence-electron chi connectivity index (χ3n) is 3.45. The Labute approximate surface area is 115 Å². The molecule has 1 aliphatic rings. The third-order valence-corrected chi connectivity index (χ3v) is 3.45. The number of rotatable bonds is 3. The molecule has 3 rings (SSSR count). The normalized spacial score (nSPS) is 17.6. The SMILES string of the molecule is COc1ccc(-c2nc3n(n2)CCCC3[N+](=O)[O-])cc1. The number of ether oxygens (including phenoxy) is 1. The van der Waals surface area contributed by atoms with Gasteiger partial charge in [0, 0.05) is 23.5 Å². The maximum atomic E-state index is 11.1. The van der Waals surface area contributed by atoms with E-state index in [0.29, 0.717) is 24.6 Å². The van der Waals surface area contributed by atoms with E-state index in [1.807, 2.05) is 24.3 Å². The molecule has 1 aromatic carbocycles. The molecule has 2 aromatic rings. The smallest absolute Gasteiger partial charge is 0.271 e. The Morgan fingerprint density at radius 2 is 2.15 bits per heavy atom. The molecule has 0 amide bonds. The molecular weight excluding hydrogens is 260 g/mol. The van der Waals surface area contributed by atoms with Crippen molar-refractivity contribution in [2.75, 3.05) is 7.11 Å². The van der Waals surface area contributed by atoms with E-state index < -0.39 is 6.04 Å². The van der Waals surface area contributed by atoms with Gasteiger partial charge >= 0.3 is 0 Å². The van der Waals surface area contributed by atoms with Crippen LogP contribution in [-0.2, 0) is 6.54 Å². The molecule has 104 valence electrons. The maximum absolute atomic E-state index is 11.1. The molecule has 7 heteroatoms. The standard InChI is InChI=1S/C13H14N4O3/c1-20-10-6-4-9(5-7-10)12-14-13-11(17(18)19)3-2-8-16(13)15-12/h4-7,11H,2-3,8H2,1H3. The first-order chi connectivity index (χ1) is 9.69.